The number of carbonyl (C=O) groups is 1. The molecule has 0 N–H and O–H groups in total. The van der Waals surface area contributed by atoms with Crippen LogP contribution in [0.3, 0.4) is 0 Å². The third-order valence-electron chi connectivity index (χ3n) is 4.01. The van der Waals surface area contributed by atoms with Gasteiger partial charge in [-0.25, -0.2) is 0 Å². The third kappa shape index (κ3) is 5.65. The van der Waals surface area contributed by atoms with Crippen molar-refractivity contribution in [2.75, 3.05) is 40.4 Å². The highest BCUT2D eigenvalue weighted by molar-refractivity contribution is 6.32. The monoisotopic (exact) mass is 336 g/mol. The molecule has 1 aliphatic rings. The Labute approximate surface area is 143 Å². The fourth-order valence-electron chi connectivity index (χ4n) is 2.64. The highest BCUT2D eigenvalue weighted by Crippen LogP contribution is 2.18. The molecule has 4 nitrogen and oxygen atoms in total. The molecule has 1 fully saturated rings. The molecular weight excluding hydrogens is 312 g/mol. The topological polar surface area (TPSA) is 32.8 Å². The summed E-state index contributed by atoms with van der Waals surface area (Å²) >= 11 is 6.14. The van der Waals surface area contributed by atoms with E-state index in [2.05, 4.69) is 4.90 Å². The summed E-state index contributed by atoms with van der Waals surface area (Å²) in [5.41, 5.74) is 0.863. The lowest BCUT2D eigenvalue weighted by atomic mass is 10.1. The number of likely N-dealkylation sites (N-methyl/N-ethyl adjacent to an activating group) is 1. The molecule has 0 saturated carbocycles. The van der Waals surface area contributed by atoms with Crippen LogP contribution in [0, 0.1) is 0 Å². The third-order valence-corrected chi connectivity index (χ3v) is 4.36. The first-order valence-electron chi connectivity index (χ1n) is 8.03. The molecule has 2 rings (SSSR count). The molecule has 1 aromatic rings. The first kappa shape index (κ1) is 18.0. The van der Waals surface area contributed by atoms with Gasteiger partial charge in [0.15, 0.2) is 0 Å². The van der Waals surface area contributed by atoms with Gasteiger partial charge >= 0.3 is 0 Å². The maximum atomic E-state index is 12.7. The Morgan fingerprint density at radius 3 is 2.61 bits per heavy atom. The van der Waals surface area contributed by atoms with Crippen LogP contribution < -0.4 is 0 Å². The maximum absolute atomic E-state index is 12.7. The number of amides is 1. The van der Waals surface area contributed by atoms with E-state index >= 15 is 0 Å². The van der Waals surface area contributed by atoms with E-state index in [0.717, 1.165) is 44.7 Å². The average molecular weight is 337 g/mol. The molecule has 1 amide bonds. The van der Waals surface area contributed by atoms with Gasteiger partial charge in [-0.15, -0.1) is 0 Å². The Morgan fingerprint density at radius 1 is 1.26 bits per heavy atom. The summed E-state index contributed by atoms with van der Waals surface area (Å²) < 4.78 is 5.42. The molecular formula is C18H25ClN2O2. The van der Waals surface area contributed by atoms with E-state index in [4.69, 9.17) is 16.3 Å². The molecule has 5 heteroatoms. The minimum atomic E-state index is 0.0404. The molecule has 0 aliphatic carbocycles. The standard InChI is InChI=1S/C18H25ClN2O2/c1-20(2)11-12-21(16-9-13-23-14-10-16)18(22)8-7-15-5-3-4-6-17(15)19/h3-8,16H,9-14H2,1-2H3/b8-7+. The molecule has 0 bridgehead atoms. The van der Waals surface area contributed by atoms with Crippen LogP contribution in [-0.2, 0) is 9.53 Å². The van der Waals surface area contributed by atoms with Crippen molar-refractivity contribution < 1.29 is 9.53 Å². The van der Waals surface area contributed by atoms with E-state index in [1.54, 1.807) is 12.2 Å². The van der Waals surface area contributed by atoms with Crippen molar-refractivity contribution in [2.45, 2.75) is 18.9 Å². The van der Waals surface area contributed by atoms with Gasteiger partial charge in [0.25, 0.3) is 0 Å². The van der Waals surface area contributed by atoms with Gasteiger partial charge in [0, 0.05) is 43.4 Å². The predicted molar refractivity (Wildman–Crippen MR) is 94.6 cm³/mol. The van der Waals surface area contributed by atoms with E-state index in [1.165, 1.54) is 0 Å². The summed E-state index contributed by atoms with van der Waals surface area (Å²) in [5, 5.41) is 0.655. The van der Waals surface area contributed by atoms with Crippen molar-refractivity contribution in [1.82, 2.24) is 9.80 Å². The number of hydrogen-bond donors (Lipinski definition) is 0. The number of carbonyl (C=O) groups excluding carboxylic acids is 1. The second kappa shape index (κ2) is 9.06. The highest BCUT2D eigenvalue weighted by Gasteiger charge is 2.24. The molecule has 1 aliphatic heterocycles. The second-order valence-electron chi connectivity index (χ2n) is 6.03. The van der Waals surface area contributed by atoms with Crippen LogP contribution in [0.25, 0.3) is 6.08 Å². The molecule has 0 radical (unpaired) electrons. The fraction of sp³-hybridized carbons (Fsp3) is 0.500. The van der Waals surface area contributed by atoms with E-state index in [0.29, 0.717) is 5.02 Å². The molecule has 0 spiro atoms. The average Bonchev–Trinajstić information content (AvgIpc) is 2.55. The van der Waals surface area contributed by atoms with Crippen molar-refractivity contribution in [3.8, 4) is 0 Å². The molecule has 23 heavy (non-hydrogen) atoms. The summed E-state index contributed by atoms with van der Waals surface area (Å²) in [4.78, 5) is 16.7. The van der Waals surface area contributed by atoms with E-state index in [-0.39, 0.29) is 11.9 Å². The van der Waals surface area contributed by atoms with E-state index < -0.39 is 0 Å². The normalized spacial score (nSPS) is 16.2. The van der Waals surface area contributed by atoms with Gasteiger partial charge in [0.2, 0.25) is 5.91 Å². The summed E-state index contributed by atoms with van der Waals surface area (Å²) in [6.07, 6.45) is 5.23. The summed E-state index contributed by atoms with van der Waals surface area (Å²) in [6.45, 7) is 3.03. The number of halogens is 1. The molecule has 0 aromatic heterocycles. The van der Waals surface area contributed by atoms with Crippen molar-refractivity contribution in [3.05, 3.63) is 40.9 Å². The Bertz CT molecular complexity index is 540. The van der Waals surface area contributed by atoms with Crippen molar-refractivity contribution >= 4 is 23.6 Å². The van der Waals surface area contributed by atoms with Gasteiger partial charge < -0.3 is 14.5 Å². The molecule has 0 atom stereocenters. The summed E-state index contributed by atoms with van der Waals surface area (Å²) in [5.74, 6) is 0.0404. The van der Waals surface area contributed by atoms with Crippen LogP contribution in [0.1, 0.15) is 18.4 Å². The first-order valence-corrected chi connectivity index (χ1v) is 8.41. The minimum absolute atomic E-state index is 0.0404. The van der Waals surface area contributed by atoms with Crippen LogP contribution in [0.2, 0.25) is 5.02 Å². The van der Waals surface area contributed by atoms with Gasteiger partial charge in [-0.1, -0.05) is 29.8 Å². The Balaban J connectivity index is 2.07. The maximum Gasteiger partial charge on any atom is 0.246 e. The van der Waals surface area contributed by atoms with Crippen LogP contribution >= 0.6 is 11.6 Å². The van der Waals surface area contributed by atoms with Crippen molar-refractivity contribution in [3.63, 3.8) is 0 Å². The van der Waals surface area contributed by atoms with Gasteiger partial charge in [-0.2, -0.15) is 0 Å². The van der Waals surface area contributed by atoms with Gasteiger partial charge in [-0.05, 0) is 44.6 Å². The smallest absolute Gasteiger partial charge is 0.246 e. The van der Waals surface area contributed by atoms with E-state index in [1.807, 2.05) is 43.3 Å². The summed E-state index contributed by atoms with van der Waals surface area (Å²) in [6, 6.07) is 7.79. The van der Waals surface area contributed by atoms with Gasteiger partial charge in [0.05, 0.1) is 0 Å². The first-order chi connectivity index (χ1) is 11.1. The number of hydrogen-bond acceptors (Lipinski definition) is 3. The lowest BCUT2D eigenvalue weighted by molar-refractivity contribution is -0.130. The van der Waals surface area contributed by atoms with Crippen LogP contribution in [0.15, 0.2) is 30.3 Å². The van der Waals surface area contributed by atoms with Crippen LogP contribution in [0.4, 0.5) is 0 Å². The molecule has 1 heterocycles. The highest BCUT2D eigenvalue weighted by atomic mass is 35.5. The number of ether oxygens (including phenoxy) is 1. The van der Waals surface area contributed by atoms with Crippen molar-refractivity contribution in [2.24, 2.45) is 0 Å². The van der Waals surface area contributed by atoms with Crippen LogP contribution in [0.5, 0.6) is 0 Å². The quantitative estimate of drug-likeness (QED) is 0.749. The zero-order chi connectivity index (χ0) is 16.7. The largest absolute Gasteiger partial charge is 0.381 e. The fourth-order valence-corrected chi connectivity index (χ4v) is 2.84. The minimum Gasteiger partial charge on any atom is -0.381 e. The van der Waals surface area contributed by atoms with E-state index in [9.17, 15) is 4.79 Å². The summed E-state index contributed by atoms with van der Waals surface area (Å²) in [7, 11) is 4.04. The van der Waals surface area contributed by atoms with Crippen molar-refractivity contribution in [1.29, 1.82) is 0 Å². The molecule has 0 unspecified atom stereocenters. The number of rotatable bonds is 6. The molecule has 1 saturated heterocycles. The second-order valence-corrected chi connectivity index (χ2v) is 6.44. The van der Waals surface area contributed by atoms with Gasteiger partial charge in [0.1, 0.15) is 0 Å². The molecule has 126 valence electrons. The lowest BCUT2D eigenvalue weighted by Gasteiger charge is -2.34. The SMILES string of the molecule is CN(C)CCN(C(=O)/C=C/c1ccccc1Cl)C1CCOCC1. The van der Waals surface area contributed by atoms with Gasteiger partial charge in [-0.3, -0.25) is 4.79 Å². The zero-order valence-corrected chi connectivity index (χ0v) is 14.6. The number of benzene rings is 1. The number of nitrogens with zero attached hydrogens (tertiary/aromatic N) is 2. The Kier molecular flexibility index (Phi) is 7.09. The van der Waals surface area contributed by atoms with Crippen LogP contribution in [-0.4, -0.2) is 62.1 Å². The Morgan fingerprint density at radius 2 is 1.96 bits per heavy atom. The Hall–Kier alpha value is -1.36. The molecule has 1 aromatic carbocycles. The lowest BCUT2D eigenvalue weighted by Crippen LogP contribution is -2.45. The predicted octanol–water partition coefficient (Wildman–Crippen LogP) is 2.92. The zero-order valence-electron chi connectivity index (χ0n) is 13.9.